The molecule has 0 aromatic heterocycles. The van der Waals surface area contributed by atoms with Gasteiger partial charge >= 0.3 is 0 Å². The lowest BCUT2D eigenvalue weighted by Gasteiger charge is -2.40. The lowest BCUT2D eigenvalue weighted by atomic mass is 9.77. The molecule has 1 saturated heterocycles. The normalized spacial score (nSPS) is 27.0. The Morgan fingerprint density at radius 2 is 1.96 bits per heavy atom. The summed E-state index contributed by atoms with van der Waals surface area (Å²) in [6, 6.07) is 6.06. The highest BCUT2D eigenvalue weighted by atomic mass is 16.6. The number of hydrogen-bond acceptors (Lipinski definition) is 4. The van der Waals surface area contributed by atoms with E-state index < -0.39 is 0 Å². The van der Waals surface area contributed by atoms with Gasteiger partial charge in [-0.2, -0.15) is 0 Å². The van der Waals surface area contributed by atoms with E-state index in [0.29, 0.717) is 19.1 Å². The molecule has 4 rings (SSSR count). The van der Waals surface area contributed by atoms with Gasteiger partial charge in [0.25, 0.3) is 0 Å². The summed E-state index contributed by atoms with van der Waals surface area (Å²) in [6.45, 7) is 5.09. The molecule has 2 heterocycles. The molecular formula is C20H27NO4. The van der Waals surface area contributed by atoms with Crippen LogP contribution in [0.2, 0.25) is 0 Å². The molecule has 136 valence electrons. The molecule has 0 unspecified atom stereocenters. The zero-order chi connectivity index (χ0) is 17.4. The summed E-state index contributed by atoms with van der Waals surface area (Å²) in [6.07, 6.45) is 3.73. The number of carbonyl (C=O) groups excluding carboxylic acids is 1. The number of ether oxygens (including phenoxy) is 2. The Balaban J connectivity index is 1.38. The zero-order valence-corrected chi connectivity index (χ0v) is 14.9. The quantitative estimate of drug-likeness (QED) is 0.911. The van der Waals surface area contributed by atoms with E-state index >= 15 is 0 Å². The number of hydrogen-bond donors (Lipinski definition) is 1. The van der Waals surface area contributed by atoms with Crippen molar-refractivity contribution in [3.63, 3.8) is 0 Å². The van der Waals surface area contributed by atoms with Gasteiger partial charge in [0.2, 0.25) is 5.91 Å². The molecule has 1 N–H and O–H groups in total. The molecule has 25 heavy (non-hydrogen) atoms. The topological polar surface area (TPSA) is 59.0 Å². The van der Waals surface area contributed by atoms with E-state index in [9.17, 15) is 9.90 Å². The first-order chi connectivity index (χ1) is 12.2. The van der Waals surface area contributed by atoms with Gasteiger partial charge in [-0.05, 0) is 54.7 Å². The van der Waals surface area contributed by atoms with E-state index in [-0.39, 0.29) is 23.8 Å². The average molecular weight is 345 g/mol. The van der Waals surface area contributed by atoms with Crippen LogP contribution in [0.15, 0.2) is 18.2 Å². The number of benzene rings is 1. The molecular weight excluding hydrogens is 318 g/mol. The van der Waals surface area contributed by atoms with Crippen molar-refractivity contribution in [3.05, 3.63) is 23.8 Å². The zero-order valence-electron chi connectivity index (χ0n) is 14.9. The molecule has 3 aliphatic rings. The second-order valence-electron chi connectivity index (χ2n) is 7.69. The highest BCUT2D eigenvalue weighted by molar-refractivity contribution is 5.83. The number of piperidine rings is 1. The monoisotopic (exact) mass is 345 g/mol. The minimum Gasteiger partial charge on any atom is -0.486 e. The van der Waals surface area contributed by atoms with Gasteiger partial charge in [0.15, 0.2) is 11.5 Å². The number of fused-ring (bicyclic) bond motifs is 1. The van der Waals surface area contributed by atoms with Crippen molar-refractivity contribution in [2.45, 2.75) is 38.5 Å². The highest BCUT2D eigenvalue weighted by Gasteiger charge is 2.47. The maximum Gasteiger partial charge on any atom is 0.226 e. The Labute approximate surface area is 148 Å². The van der Waals surface area contributed by atoms with Crippen molar-refractivity contribution in [1.29, 1.82) is 0 Å². The molecule has 5 heteroatoms. The van der Waals surface area contributed by atoms with E-state index in [4.69, 9.17) is 9.47 Å². The fourth-order valence-corrected chi connectivity index (χ4v) is 4.19. The maximum absolute atomic E-state index is 12.8. The van der Waals surface area contributed by atoms with Crippen LogP contribution in [0.3, 0.4) is 0 Å². The van der Waals surface area contributed by atoms with Crippen LogP contribution in [0.1, 0.15) is 44.1 Å². The lowest BCUT2D eigenvalue weighted by Crippen LogP contribution is -2.45. The van der Waals surface area contributed by atoms with Crippen LogP contribution >= 0.6 is 0 Å². The maximum atomic E-state index is 12.8. The van der Waals surface area contributed by atoms with E-state index in [1.165, 1.54) is 5.56 Å². The van der Waals surface area contributed by atoms with Gasteiger partial charge in [0.1, 0.15) is 13.2 Å². The van der Waals surface area contributed by atoms with Crippen molar-refractivity contribution in [2.75, 3.05) is 32.9 Å². The average Bonchev–Trinajstić information content (AvgIpc) is 3.48. The van der Waals surface area contributed by atoms with Crippen molar-refractivity contribution in [3.8, 4) is 11.5 Å². The van der Waals surface area contributed by atoms with Crippen LogP contribution in [0, 0.1) is 11.3 Å². The predicted molar refractivity (Wildman–Crippen MR) is 93.9 cm³/mol. The van der Waals surface area contributed by atoms with Gasteiger partial charge in [-0.15, -0.1) is 0 Å². The smallest absolute Gasteiger partial charge is 0.226 e. The molecule has 1 aromatic carbocycles. The van der Waals surface area contributed by atoms with Gasteiger partial charge in [-0.25, -0.2) is 0 Å². The summed E-state index contributed by atoms with van der Waals surface area (Å²) in [4.78, 5) is 14.8. The molecule has 1 amide bonds. The Morgan fingerprint density at radius 1 is 1.24 bits per heavy atom. The molecule has 2 fully saturated rings. The Bertz CT molecular complexity index is 645. The van der Waals surface area contributed by atoms with Crippen LogP contribution < -0.4 is 9.47 Å². The largest absolute Gasteiger partial charge is 0.486 e. The summed E-state index contributed by atoms with van der Waals surface area (Å²) >= 11 is 0. The third-order valence-electron chi connectivity index (χ3n) is 6.32. The van der Waals surface area contributed by atoms with Gasteiger partial charge in [0.05, 0.1) is 0 Å². The number of rotatable bonds is 4. The lowest BCUT2D eigenvalue weighted by molar-refractivity contribution is -0.135. The minimum absolute atomic E-state index is 0.0234. The van der Waals surface area contributed by atoms with Crippen LogP contribution in [0.5, 0.6) is 11.5 Å². The first-order valence-corrected chi connectivity index (χ1v) is 9.45. The number of nitrogens with zero attached hydrogens (tertiary/aromatic N) is 1. The molecule has 1 aliphatic carbocycles. The minimum atomic E-state index is 0.0234. The fourth-order valence-electron chi connectivity index (χ4n) is 4.19. The molecule has 0 bridgehead atoms. The van der Waals surface area contributed by atoms with Gasteiger partial charge < -0.3 is 19.5 Å². The van der Waals surface area contributed by atoms with Gasteiger partial charge in [-0.3, -0.25) is 4.79 Å². The van der Waals surface area contributed by atoms with Crippen LogP contribution in [-0.4, -0.2) is 48.8 Å². The summed E-state index contributed by atoms with van der Waals surface area (Å²) in [5, 5.41) is 9.65. The number of aliphatic hydroxyl groups excluding tert-OH is 1. The molecule has 5 nitrogen and oxygen atoms in total. The summed E-state index contributed by atoms with van der Waals surface area (Å²) in [5.74, 6) is 2.29. The van der Waals surface area contributed by atoms with Crippen molar-refractivity contribution >= 4 is 5.91 Å². The molecule has 2 aliphatic heterocycles. The van der Waals surface area contributed by atoms with E-state index in [1.54, 1.807) is 0 Å². The third-order valence-corrected chi connectivity index (χ3v) is 6.32. The molecule has 0 spiro atoms. The van der Waals surface area contributed by atoms with Crippen molar-refractivity contribution in [1.82, 2.24) is 4.90 Å². The molecule has 2 atom stereocenters. The summed E-state index contributed by atoms with van der Waals surface area (Å²) in [7, 11) is 0. The van der Waals surface area contributed by atoms with Crippen LogP contribution in [0.25, 0.3) is 0 Å². The standard InChI is InChI=1S/C20H27NO4/c1-2-20(13-22)5-7-21(8-6-20)19(23)16-12-15(16)14-3-4-17-18(11-14)25-10-9-24-17/h3-4,11,15-16,22H,2,5-10,12-13H2,1H3/t15-,16+/m0/s1. The van der Waals surface area contributed by atoms with Crippen molar-refractivity contribution in [2.24, 2.45) is 11.3 Å². The number of aliphatic hydroxyl groups is 1. The first-order valence-electron chi connectivity index (χ1n) is 9.45. The third kappa shape index (κ3) is 3.10. The highest BCUT2D eigenvalue weighted by Crippen LogP contribution is 2.50. The Morgan fingerprint density at radius 3 is 2.64 bits per heavy atom. The van der Waals surface area contributed by atoms with Crippen molar-refractivity contribution < 1.29 is 19.4 Å². The van der Waals surface area contributed by atoms with E-state index in [2.05, 4.69) is 13.0 Å². The van der Waals surface area contributed by atoms with E-state index in [0.717, 1.165) is 50.3 Å². The van der Waals surface area contributed by atoms with Gasteiger partial charge in [-0.1, -0.05) is 13.0 Å². The van der Waals surface area contributed by atoms with Gasteiger partial charge in [0, 0.05) is 25.6 Å². The Kier molecular flexibility index (Phi) is 4.36. The summed E-state index contributed by atoms with van der Waals surface area (Å²) < 4.78 is 11.2. The van der Waals surface area contributed by atoms with E-state index in [1.807, 2.05) is 17.0 Å². The SMILES string of the molecule is CCC1(CO)CCN(C(=O)[C@@H]2C[C@H]2c2ccc3c(c2)OCCO3)CC1. The number of amides is 1. The second kappa shape index (κ2) is 6.52. The predicted octanol–water partition coefficient (Wildman–Crippen LogP) is 2.57. The Hall–Kier alpha value is -1.75. The summed E-state index contributed by atoms with van der Waals surface area (Å²) in [5.41, 5.74) is 1.20. The fraction of sp³-hybridized carbons (Fsp3) is 0.650. The number of likely N-dealkylation sites (tertiary alicyclic amines) is 1. The van der Waals surface area contributed by atoms with Crippen LogP contribution in [0.4, 0.5) is 0 Å². The second-order valence-corrected chi connectivity index (χ2v) is 7.69. The molecule has 1 saturated carbocycles. The molecule has 0 radical (unpaired) electrons. The molecule has 1 aromatic rings. The first kappa shape index (κ1) is 16.7. The number of carbonyl (C=O) groups is 1. The van der Waals surface area contributed by atoms with Crippen LogP contribution in [-0.2, 0) is 4.79 Å².